The van der Waals surface area contributed by atoms with E-state index in [-0.39, 0.29) is 49.4 Å². The number of hydrogen-bond donors (Lipinski definition) is 1. The first kappa shape index (κ1) is 26.2. The number of amides is 1. The summed E-state index contributed by atoms with van der Waals surface area (Å²) in [4.78, 5) is 14.4. The third kappa shape index (κ3) is 6.17. The predicted molar refractivity (Wildman–Crippen MR) is 121 cm³/mol. The average Bonchev–Trinajstić information content (AvgIpc) is 3.25. The summed E-state index contributed by atoms with van der Waals surface area (Å²) in [6, 6.07) is 4.45. The van der Waals surface area contributed by atoms with Crippen LogP contribution >= 0.6 is 0 Å². The summed E-state index contributed by atoms with van der Waals surface area (Å²) in [5.74, 6) is -1.01. The highest BCUT2D eigenvalue weighted by Gasteiger charge is 2.31. The van der Waals surface area contributed by atoms with Gasteiger partial charge in [0.1, 0.15) is 5.82 Å². The second-order valence-electron chi connectivity index (χ2n) is 8.70. The minimum Gasteiger partial charge on any atom is -0.394 e. The zero-order valence-corrected chi connectivity index (χ0v) is 20.5. The summed E-state index contributed by atoms with van der Waals surface area (Å²) in [5, 5.41) is 17.7. The highest BCUT2D eigenvalue weighted by atomic mass is 32.2. The minimum absolute atomic E-state index is 0.0168. The number of carbonyl (C=O) groups excluding carboxylic acids is 1. The number of carbonyl (C=O) groups is 1. The lowest BCUT2D eigenvalue weighted by molar-refractivity contribution is -0.136. The lowest BCUT2D eigenvalue weighted by Crippen LogP contribution is -2.47. The van der Waals surface area contributed by atoms with Crippen molar-refractivity contribution in [3.05, 3.63) is 42.0 Å². The van der Waals surface area contributed by atoms with Crippen molar-refractivity contribution in [3.63, 3.8) is 0 Å². The molecular formula is C22H32FN5O5S. The van der Waals surface area contributed by atoms with Crippen molar-refractivity contribution < 1.29 is 27.4 Å². The Kier molecular flexibility index (Phi) is 8.74. The lowest BCUT2D eigenvalue weighted by atomic mass is 10.0. The van der Waals surface area contributed by atoms with Crippen molar-refractivity contribution in [1.29, 1.82) is 0 Å². The van der Waals surface area contributed by atoms with Gasteiger partial charge in [-0.05, 0) is 31.5 Å². The van der Waals surface area contributed by atoms with E-state index in [1.807, 2.05) is 6.92 Å². The van der Waals surface area contributed by atoms with Gasteiger partial charge in [0.2, 0.25) is 15.9 Å². The third-order valence-electron chi connectivity index (χ3n) is 6.08. The van der Waals surface area contributed by atoms with Crippen LogP contribution in [0.5, 0.6) is 0 Å². The first-order chi connectivity index (χ1) is 16.1. The molecule has 1 aromatic carbocycles. The SMILES string of the molecule is C[C@H](CO)N1C[C@H](C)[C@H](CN(C)S(=O)(=O)c2cccc(F)c2)OCc2cnnn2CCCC1=O. The van der Waals surface area contributed by atoms with Gasteiger partial charge in [-0.2, -0.15) is 4.31 Å². The Balaban J connectivity index is 1.87. The van der Waals surface area contributed by atoms with Gasteiger partial charge in [0.15, 0.2) is 0 Å². The Morgan fingerprint density at radius 1 is 1.38 bits per heavy atom. The molecule has 188 valence electrons. The summed E-state index contributed by atoms with van der Waals surface area (Å²) in [6.45, 7) is 4.37. The van der Waals surface area contributed by atoms with Gasteiger partial charge in [-0.1, -0.05) is 18.2 Å². The van der Waals surface area contributed by atoms with Crippen molar-refractivity contribution in [1.82, 2.24) is 24.2 Å². The number of aryl methyl sites for hydroxylation is 1. The molecule has 34 heavy (non-hydrogen) atoms. The number of hydrogen-bond acceptors (Lipinski definition) is 7. The van der Waals surface area contributed by atoms with Crippen molar-refractivity contribution >= 4 is 15.9 Å². The number of likely N-dealkylation sites (N-methyl/N-ethyl adjacent to an activating group) is 1. The van der Waals surface area contributed by atoms with Crippen LogP contribution in [0, 0.1) is 11.7 Å². The summed E-state index contributed by atoms with van der Waals surface area (Å²) >= 11 is 0. The third-order valence-corrected chi connectivity index (χ3v) is 7.90. The van der Waals surface area contributed by atoms with Gasteiger partial charge in [-0.3, -0.25) is 4.79 Å². The summed E-state index contributed by atoms with van der Waals surface area (Å²) in [7, 11) is -2.55. The van der Waals surface area contributed by atoms with Crippen LogP contribution in [0.25, 0.3) is 0 Å². The van der Waals surface area contributed by atoms with E-state index in [0.717, 1.165) is 16.1 Å². The number of aromatic nitrogens is 3. The van der Waals surface area contributed by atoms with E-state index >= 15 is 0 Å². The molecule has 1 aromatic heterocycles. The summed E-state index contributed by atoms with van der Waals surface area (Å²) in [5.41, 5.74) is 0.724. The van der Waals surface area contributed by atoms with Crippen LogP contribution in [0.4, 0.5) is 4.39 Å². The van der Waals surface area contributed by atoms with E-state index in [9.17, 15) is 22.7 Å². The highest BCUT2D eigenvalue weighted by molar-refractivity contribution is 7.89. The topological polar surface area (TPSA) is 118 Å². The molecule has 0 spiro atoms. The minimum atomic E-state index is -3.97. The highest BCUT2D eigenvalue weighted by Crippen LogP contribution is 2.21. The van der Waals surface area contributed by atoms with Gasteiger partial charge >= 0.3 is 0 Å². The monoisotopic (exact) mass is 497 g/mol. The molecule has 2 aromatic rings. The molecule has 0 fully saturated rings. The smallest absolute Gasteiger partial charge is 0.243 e. The van der Waals surface area contributed by atoms with E-state index in [1.165, 1.54) is 25.2 Å². The van der Waals surface area contributed by atoms with Gasteiger partial charge < -0.3 is 14.7 Å². The first-order valence-corrected chi connectivity index (χ1v) is 12.7. The van der Waals surface area contributed by atoms with Gasteiger partial charge in [0.25, 0.3) is 0 Å². The zero-order chi connectivity index (χ0) is 24.9. The van der Waals surface area contributed by atoms with E-state index < -0.39 is 28.0 Å². The fraction of sp³-hybridized carbons (Fsp3) is 0.591. The lowest BCUT2D eigenvalue weighted by Gasteiger charge is -2.35. The number of aliphatic hydroxyl groups is 1. The molecule has 1 aliphatic heterocycles. The molecule has 0 radical (unpaired) electrons. The van der Waals surface area contributed by atoms with E-state index in [4.69, 9.17) is 4.74 Å². The second kappa shape index (κ2) is 11.3. The Bertz CT molecular complexity index is 1080. The number of fused-ring (bicyclic) bond motifs is 1. The Morgan fingerprint density at radius 3 is 2.85 bits per heavy atom. The molecule has 1 amide bonds. The molecule has 1 aliphatic rings. The summed E-state index contributed by atoms with van der Waals surface area (Å²) in [6.07, 6.45) is 1.84. The molecule has 0 aliphatic carbocycles. The normalized spacial score (nSPS) is 21.6. The van der Waals surface area contributed by atoms with Gasteiger partial charge in [0.05, 0.1) is 42.1 Å². The number of benzene rings is 1. The van der Waals surface area contributed by atoms with Crippen molar-refractivity contribution in [2.75, 3.05) is 26.7 Å². The van der Waals surface area contributed by atoms with Crippen molar-refractivity contribution in [2.24, 2.45) is 5.92 Å². The maximum absolute atomic E-state index is 13.7. The molecule has 0 bridgehead atoms. The maximum atomic E-state index is 13.7. The van der Waals surface area contributed by atoms with Crippen LogP contribution in [-0.4, -0.2) is 82.5 Å². The average molecular weight is 498 g/mol. The molecule has 3 rings (SSSR count). The molecule has 0 saturated heterocycles. The second-order valence-corrected chi connectivity index (χ2v) is 10.7. The van der Waals surface area contributed by atoms with Crippen LogP contribution in [0.1, 0.15) is 32.4 Å². The maximum Gasteiger partial charge on any atom is 0.243 e. The quantitative estimate of drug-likeness (QED) is 0.638. The van der Waals surface area contributed by atoms with Crippen molar-refractivity contribution in [2.45, 2.75) is 56.9 Å². The zero-order valence-electron chi connectivity index (χ0n) is 19.7. The number of rotatable bonds is 6. The Morgan fingerprint density at radius 2 is 2.15 bits per heavy atom. The fourth-order valence-corrected chi connectivity index (χ4v) is 5.12. The van der Waals surface area contributed by atoms with Crippen LogP contribution in [0.15, 0.2) is 35.4 Å². The molecule has 0 unspecified atom stereocenters. The van der Waals surface area contributed by atoms with E-state index in [2.05, 4.69) is 10.3 Å². The molecule has 0 saturated carbocycles. The first-order valence-electron chi connectivity index (χ1n) is 11.2. The van der Waals surface area contributed by atoms with E-state index in [0.29, 0.717) is 13.0 Å². The summed E-state index contributed by atoms with van der Waals surface area (Å²) < 4.78 is 48.7. The number of halogens is 1. The number of nitrogens with zero attached hydrogens (tertiary/aromatic N) is 5. The predicted octanol–water partition coefficient (Wildman–Crippen LogP) is 1.26. The Hall–Kier alpha value is -2.41. The van der Waals surface area contributed by atoms with Gasteiger partial charge in [0, 0.05) is 39.0 Å². The largest absolute Gasteiger partial charge is 0.394 e. The number of sulfonamides is 1. The van der Waals surface area contributed by atoms with Gasteiger partial charge in [-0.25, -0.2) is 17.5 Å². The fourth-order valence-electron chi connectivity index (χ4n) is 3.90. The molecule has 3 atom stereocenters. The number of ether oxygens (including phenoxy) is 1. The molecule has 1 N–H and O–H groups in total. The van der Waals surface area contributed by atoms with Crippen LogP contribution in [0.3, 0.4) is 0 Å². The van der Waals surface area contributed by atoms with Crippen molar-refractivity contribution in [3.8, 4) is 0 Å². The standard InChI is InChI=1S/C22H32FN5O5S/c1-16-12-27(17(2)14-29)22(30)8-5-9-28-19(11-24-25-28)15-33-21(16)13-26(3)34(31,32)20-7-4-6-18(23)10-20/h4,6-7,10-11,16-17,21,29H,5,8-9,12-15H2,1-3H3/t16-,17+,21-/m0/s1. The van der Waals surface area contributed by atoms with Gasteiger partial charge in [-0.15, -0.1) is 5.10 Å². The van der Waals surface area contributed by atoms with Crippen LogP contribution in [-0.2, 0) is 32.7 Å². The molecule has 10 nitrogen and oxygen atoms in total. The number of aliphatic hydroxyl groups excluding tert-OH is 1. The molecule has 2 heterocycles. The van der Waals surface area contributed by atoms with E-state index in [1.54, 1.807) is 22.7 Å². The van der Waals surface area contributed by atoms with Crippen LogP contribution in [0.2, 0.25) is 0 Å². The molecule has 12 heteroatoms. The van der Waals surface area contributed by atoms with Crippen LogP contribution < -0.4 is 0 Å². The molecular weight excluding hydrogens is 465 g/mol. The Labute approximate surface area is 199 Å².